The van der Waals surface area contributed by atoms with Crippen LogP contribution in [0.1, 0.15) is 46.9 Å². The van der Waals surface area contributed by atoms with Crippen LogP contribution in [0, 0.1) is 24.4 Å². The molecule has 15 heteroatoms. The first-order chi connectivity index (χ1) is 22.1. The molecule has 2 aromatic carbocycles. The maximum absolute atomic E-state index is 16.1. The molecule has 3 heterocycles. The van der Waals surface area contributed by atoms with Gasteiger partial charge in [0.25, 0.3) is 5.91 Å². The summed E-state index contributed by atoms with van der Waals surface area (Å²) >= 11 is 0. The van der Waals surface area contributed by atoms with Crippen molar-refractivity contribution in [3.63, 3.8) is 0 Å². The second kappa shape index (κ2) is 11.1. The Balaban J connectivity index is 1.44. The van der Waals surface area contributed by atoms with E-state index in [4.69, 9.17) is 10.5 Å². The van der Waals surface area contributed by atoms with Crippen LogP contribution in [0.4, 0.5) is 26.3 Å². The van der Waals surface area contributed by atoms with Crippen LogP contribution in [-0.2, 0) is 15.8 Å². The first-order valence-corrected chi connectivity index (χ1v) is 14.3. The molecule has 47 heavy (non-hydrogen) atoms. The number of nitrogens with zero attached hydrogens (tertiary/aromatic N) is 2. The number of carbonyl (C=O) groups excluding carboxylic acids is 2. The Labute approximate surface area is 262 Å². The normalized spacial score (nSPS) is 19.2. The summed E-state index contributed by atoms with van der Waals surface area (Å²) in [5.74, 6) is -7.42. The SMILES string of the molecule is Cc1cnc2c(OC(F)F)cc(C(=O)NC[C@](O)(c3cc4c(c(-c5ccc(F)c(F)c5F)n3)OC[C@]4(C)C(N)=O)C3(F)CC3)cc2c1. The molecular weight excluding hydrogens is 634 g/mol. The third-order valence-electron chi connectivity index (χ3n) is 8.63. The van der Waals surface area contributed by atoms with Gasteiger partial charge < -0.3 is 25.6 Å². The Morgan fingerprint density at radius 1 is 1.15 bits per heavy atom. The van der Waals surface area contributed by atoms with Gasteiger partial charge in [0, 0.05) is 28.3 Å². The van der Waals surface area contributed by atoms with E-state index in [9.17, 15) is 32.3 Å². The molecule has 1 fully saturated rings. The fraction of sp³-hybridized carbons (Fsp3) is 0.312. The van der Waals surface area contributed by atoms with E-state index in [0.717, 1.165) is 18.2 Å². The van der Waals surface area contributed by atoms with Gasteiger partial charge in [-0.05, 0) is 68.7 Å². The van der Waals surface area contributed by atoms with Gasteiger partial charge in [-0.1, -0.05) is 0 Å². The van der Waals surface area contributed by atoms with Crippen LogP contribution < -0.4 is 20.5 Å². The molecule has 2 aliphatic rings. The number of aromatic nitrogens is 2. The molecule has 246 valence electrons. The highest BCUT2D eigenvalue weighted by Crippen LogP contribution is 2.55. The van der Waals surface area contributed by atoms with E-state index >= 15 is 8.78 Å². The number of fused-ring (bicyclic) bond motifs is 2. The molecule has 4 N–H and O–H groups in total. The minimum absolute atomic E-state index is 0.0330. The molecule has 0 bridgehead atoms. The Bertz CT molecular complexity index is 1970. The smallest absolute Gasteiger partial charge is 0.387 e. The number of hydrogen-bond donors (Lipinski definition) is 3. The van der Waals surface area contributed by atoms with Crippen molar-refractivity contribution < 1.29 is 50.5 Å². The number of aliphatic hydroxyl groups is 1. The number of halogens is 6. The third-order valence-corrected chi connectivity index (χ3v) is 8.63. The summed E-state index contributed by atoms with van der Waals surface area (Å²) in [6, 6.07) is 6.58. The first kappa shape index (κ1) is 32.0. The third kappa shape index (κ3) is 5.27. The van der Waals surface area contributed by atoms with E-state index in [1.165, 1.54) is 19.2 Å². The van der Waals surface area contributed by atoms with E-state index in [1.54, 1.807) is 13.0 Å². The molecule has 0 radical (unpaired) electrons. The Morgan fingerprint density at radius 2 is 1.87 bits per heavy atom. The lowest BCUT2D eigenvalue weighted by molar-refractivity contribution is -0.123. The van der Waals surface area contributed by atoms with Gasteiger partial charge in [-0.3, -0.25) is 14.6 Å². The second-order valence-corrected chi connectivity index (χ2v) is 11.9. The highest BCUT2D eigenvalue weighted by molar-refractivity contribution is 6.00. The summed E-state index contributed by atoms with van der Waals surface area (Å²) in [5.41, 5.74) is -2.06. The number of aryl methyl sites for hydroxylation is 1. The second-order valence-electron chi connectivity index (χ2n) is 11.9. The number of pyridine rings is 2. The topological polar surface area (TPSA) is 137 Å². The van der Waals surface area contributed by atoms with Gasteiger partial charge in [0.1, 0.15) is 34.7 Å². The van der Waals surface area contributed by atoms with Crippen LogP contribution in [-0.4, -0.2) is 52.3 Å². The van der Waals surface area contributed by atoms with E-state index < -0.39 is 81.8 Å². The molecule has 0 saturated heterocycles. The van der Waals surface area contributed by atoms with E-state index in [0.29, 0.717) is 11.6 Å². The minimum atomic E-state index is -3.24. The maximum atomic E-state index is 16.1. The lowest BCUT2D eigenvalue weighted by Crippen LogP contribution is -2.49. The lowest BCUT2D eigenvalue weighted by atomic mass is 9.80. The molecule has 2 atom stereocenters. The van der Waals surface area contributed by atoms with E-state index in [2.05, 4.69) is 20.0 Å². The fourth-order valence-electron chi connectivity index (χ4n) is 5.65. The van der Waals surface area contributed by atoms with E-state index in [1.807, 2.05) is 0 Å². The van der Waals surface area contributed by atoms with Gasteiger partial charge in [0.2, 0.25) is 5.91 Å². The van der Waals surface area contributed by atoms with E-state index in [-0.39, 0.29) is 47.2 Å². The number of nitrogens with one attached hydrogen (secondary N) is 1. The molecule has 1 aliphatic carbocycles. The number of hydrogen-bond acceptors (Lipinski definition) is 7. The van der Waals surface area contributed by atoms with Crippen LogP contribution in [0.3, 0.4) is 0 Å². The van der Waals surface area contributed by atoms with Crippen LogP contribution in [0.15, 0.2) is 42.6 Å². The Morgan fingerprint density at radius 3 is 2.53 bits per heavy atom. The average molecular weight is 661 g/mol. The van der Waals surface area contributed by atoms with Crippen molar-refractivity contribution in [2.75, 3.05) is 13.2 Å². The zero-order chi connectivity index (χ0) is 34.1. The number of ether oxygens (including phenoxy) is 2. The predicted molar refractivity (Wildman–Crippen MR) is 154 cm³/mol. The molecule has 6 rings (SSSR count). The van der Waals surface area contributed by atoms with Gasteiger partial charge in [0.15, 0.2) is 28.8 Å². The largest absolute Gasteiger partial charge is 0.489 e. The van der Waals surface area contributed by atoms with Crippen LogP contribution in [0.2, 0.25) is 0 Å². The van der Waals surface area contributed by atoms with Gasteiger partial charge in [-0.2, -0.15) is 8.78 Å². The number of benzene rings is 2. The van der Waals surface area contributed by atoms with Crippen molar-refractivity contribution in [3.8, 4) is 22.8 Å². The van der Waals surface area contributed by atoms with Crippen molar-refractivity contribution in [1.82, 2.24) is 15.3 Å². The van der Waals surface area contributed by atoms with Crippen LogP contribution in [0.5, 0.6) is 11.5 Å². The summed E-state index contributed by atoms with van der Waals surface area (Å²) in [4.78, 5) is 34.3. The van der Waals surface area contributed by atoms with Gasteiger partial charge >= 0.3 is 6.61 Å². The Hall–Kier alpha value is -4.92. The molecule has 2 aromatic heterocycles. The van der Waals surface area contributed by atoms with Crippen molar-refractivity contribution >= 4 is 22.7 Å². The fourth-order valence-corrected chi connectivity index (χ4v) is 5.65. The number of carbonyl (C=O) groups is 2. The van der Waals surface area contributed by atoms with Gasteiger partial charge in [-0.15, -0.1) is 0 Å². The first-order valence-electron chi connectivity index (χ1n) is 14.3. The maximum Gasteiger partial charge on any atom is 0.387 e. The Kier molecular flexibility index (Phi) is 7.57. The van der Waals surface area contributed by atoms with Crippen LogP contribution in [0.25, 0.3) is 22.2 Å². The molecule has 2 amide bonds. The molecular formula is C32H26F6N4O5. The number of nitrogens with two attached hydrogens (primary N) is 1. The average Bonchev–Trinajstić information content (AvgIpc) is 3.69. The molecule has 4 aromatic rings. The molecule has 1 aliphatic heterocycles. The van der Waals surface area contributed by atoms with Crippen molar-refractivity contribution in [3.05, 3.63) is 82.4 Å². The number of amides is 2. The molecule has 9 nitrogen and oxygen atoms in total. The molecule has 0 spiro atoms. The number of rotatable bonds is 9. The summed E-state index contributed by atoms with van der Waals surface area (Å²) in [7, 11) is 0. The van der Waals surface area contributed by atoms with Gasteiger partial charge in [-0.25, -0.2) is 22.5 Å². The summed E-state index contributed by atoms with van der Waals surface area (Å²) in [6.45, 7) is -1.37. The van der Waals surface area contributed by atoms with Crippen molar-refractivity contribution in [2.24, 2.45) is 5.73 Å². The predicted octanol–water partition coefficient (Wildman–Crippen LogP) is 4.88. The summed E-state index contributed by atoms with van der Waals surface area (Å²) in [6.07, 6.45) is 1.04. The quantitative estimate of drug-likeness (QED) is 0.172. The highest BCUT2D eigenvalue weighted by Gasteiger charge is 2.62. The number of primary amides is 1. The summed E-state index contributed by atoms with van der Waals surface area (Å²) < 4.78 is 95.9. The van der Waals surface area contributed by atoms with Crippen molar-refractivity contribution in [2.45, 2.75) is 50.0 Å². The monoisotopic (exact) mass is 660 g/mol. The zero-order valence-corrected chi connectivity index (χ0v) is 24.8. The van der Waals surface area contributed by atoms with Crippen LogP contribution >= 0.6 is 0 Å². The zero-order valence-electron chi connectivity index (χ0n) is 24.8. The van der Waals surface area contributed by atoms with Crippen molar-refractivity contribution in [1.29, 1.82) is 0 Å². The molecule has 0 unspecified atom stereocenters. The lowest BCUT2D eigenvalue weighted by Gasteiger charge is -2.33. The standard InChI is InChI=1S/C32H26F6N4O5/c1-14-7-15-8-16(9-20(47-29(36)37)24(15)40-11-14)27(43)41-12-32(45,31(38)5-6-31)21-10-18-26(46-13-30(18,2)28(39)44)25(42-21)17-3-4-19(33)23(35)22(17)34/h3-4,7-11,29,45H,5-6,12-13H2,1-2H3,(H2,39,44)(H,41,43)/t30-,32-/m0/s1. The minimum Gasteiger partial charge on any atom is -0.489 e. The highest BCUT2D eigenvalue weighted by atomic mass is 19.3. The molecule has 1 saturated carbocycles. The number of alkyl halides is 3. The van der Waals surface area contributed by atoms with Gasteiger partial charge in [0.05, 0.1) is 12.2 Å². The summed E-state index contributed by atoms with van der Waals surface area (Å²) in [5, 5.41) is 14.7.